The molecule has 3 amide bonds. The molecule has 0 fully saturated rings. The van der Waals surface area contributed by atoms with Gasteiger partial charge in [-0.05, 0) is 24.6 Å². The molecular formula is C13H16N6O2. The number of urea groups is 1. The van der Waals surface area contributed by atoms with Gasteiger partial charge in [0, 0.05) is 17.8 Å². The van der Waals surface area contributed by atoms with Gasteiger partial charge in [-0.25, -0.2) is 9.78 Å². The van der Waals surface area contributed by atoms with Crippen LogP contribution in [0.4, 0.5) is 16.2 Å². The lowest BCUT2D eigenvalue weighted by Crippen LogP contribution is -2.19. The van der Waals surface area contributed by atoms with E-state index in [0.29, 0.717) is 17.2 Å². The summed E-state index contributed by atoms with van der Waals surface area (Å²) < 4.78 is 0. The van der Waals surface area contributed by atoms with Crippen molar-refractivity contribution in [2.75, 3.05) is 10.6 Å². The van der Waals surface area contributed by atoms with Gasteiger partial charge in [0.15, 0.2) is 0 Å². The first-order chi connectivity index (χ1) is 10.1. The van der Waals surface area contributed by atoms with Crippen LogP contribution < -0.4 is 16.4 Å². The predicted octanol–water partition coefficient (Wildman–Crippen LogP) is 1.50. The van der Waals surface area contributed by atoms with Crippen molar-refractivity contribution in [3.05, 3.63) is 35.9 Å². The second-order valence-corrected chi connectivity index (χ2v) is 4.38. The first-order valence-electron chi connectivity index (χ1n) is 6.47. The number of carbonyl (C=O) groups is 2. The molecule has 1 heterocycles. The number of aromatic amines is 1. The maximum atomic E-state index is 12.0. The number of H-pyrrole nitrogens is 1. The van der Waals surface area contributed by atoms with Crippen molar-refractivity contribution in [2.24, 2.45) is 5.73 Å². The van der Waals surface area contributed by atoms with E-state index in [4.69, 9.17) is 5.73 Å². The number of nitrogens with zero attached hydrogens (tertiary/aromatic N) is 2. The molecule has 0 aliphatic heterocycles. The second kappa shape index (κ2) is 6.51. The minimum absolute atomic E-state index is 0.0757. The van der Waals surface area contributed by atoms with Gasteiger partial charge < -0.3 is 16.4 Å². The molecule has 110 valence electrons. The summed E-state index contributed by atoms with van der Waals surface area (Å²) >= 11 is 0. The number of benzene rings is 1. The molecule has 1 aromatic heterocycles. The summed E-state index contributed by atoms with van der Waals surface area (Å²) in [4.78, 5) is 26.9. The Bertz CT molecular complexity index is 652. The van der Waals surface area contributed by atoms with Gasteiger partial charge in [-0.15, -0.1) is 5.10 Å². The highest BCUT2D eigenvalue weighted by Gasteiger charge is 2.12. The van der Waals surface area contributed by atoms with Crippen LogP contribution in [0.2, 0.25) is 0 Å². The second-order valence-electron chi connectivity index (χ2n) is 4.38. The highest BCUT2D eigenvalue weighted by atomic mass is 16.2. The molecule has 0 aliphatic rings. The Balaban J connectivity index is 2.06. The summed E-state index contributed by atoms with van der Waals surface area (Å²) in [5.41, 5.74) is 6.03. The van der Waals surface area contributed by atoms with Gasteiger partial charge in [-0.2, -0.15) is 0 Å². The van der Waals surface area contributed by atoms with E-state index in [1.165, 1.54) is 0 Å². The predicted molar refractivity (Wildman–Crippen MR) is 78.0 cm³/mol. The van der Waals surface area contributed by atoms with E-state index in [0.717, 1.165) is 12.8 Å². The molecule has 0 radical (unpaired) electrons. The Labute approximate surface area is 121 Å². The van der Waals surface area contributed by atoms with Gasteiger partial charge in [0.05, 0.1) is 0 Å². The zero-order chi connectivity index (χ0) is 15.2. The van der Waals surface area contributed by atoms with Gasteiger partial charge in [0.1, 0.15) is 5.82 Å². The van der Waals surface area contributed by atoms with Crippen LogP contribution in [-0.2, 0) is 6.42 Å². The molecule has 1 aromatic carbocycles. The lowest BCUT2D eigenvalue weighted by Gasteiger charge is -2.06. The van der Waals surface area contributed by atoms with Gasteiger partial charge in [-0.1, -0.05) is 13.0 Å². The van der Waals surface area contributed by atoms with E-state index in [-0.39, 0.29) is 5.82 Å². The highest BCUT2D eigenvalue weighted by Crippen LogP contribution is 2.15. The summed E-state index contributed by atoms with van der Waals surface area (Å²) in [6, 6.07) is 5.94. The number of carbonyl (C=O) groups excluding carboxylic acids is 2. The van der Waals surface area contributed by atoms with E-state index in [9.17, 15) is 9.59 Å². The van der Waals surface area contributed by atoms with Gasteiger partial charge >= 0.3 is 6.03 Å². The normalized spacial score (nSPS) is 10.1. The van der Waals surface area contributed by atoms with E-state index >= 15 is 0 Å². The number of primary amides is 1. The minimum atomic E-state index is -0.670. The molecule has 21 heavy (non-hydrogen) atoms. The molecule has 8 nitrogen and oxygen atoms in total. The van der Waals surface area contributed by atoms with Crippen LogP contribution in [0.3, 0.4) is 0 Å². The number of amides is 3. The third-order valence-corrected chi connectivity index (χ3v) is 2.61. The topological polar surface area (TPSA) is 126 Å². The zero-order valence-electron chi connectivity index (χ0n) is 11.5. The number of hydrogen-bond donors (Lipinski definition) is 4. The van der Waals surface area contributed by atoms with Crippen LogP contribution in [0, 0.1) is 0 Å². The smallest absolute Gasteiger partial charge is 0.316 e. The largest absolute Gasteiger partial charge is 0.351 e. The number of hydrogen-bond acceptors (Lipinski definition) is 4. The van der Waals surface area contributed by atoms with Crippen LogP contribution in [-0.4, -0.2) is 27.1 Å². The molecule has 0 spiro atoms. The van der Waals surface area contributed by atoms with Crippen LogP contribution >= 0.6 is 0 Å². The molecule has 0 saturated carbocycles. The maximum Gasteiger partial charge on any atom is 0.316 e. The molecule has 0 aliphatic carbocycles. The zero-order valence-corrected chi connectivity index (χ0v) is 11.5. The summed E-state index contributed by atoms with van der Waals surface area (Å²) in [5.74, 6) is 0.323. The maximum absolute atomic E-state index is 12.0. The Kier molecular flexibility index (Phi) is 4.50. The van der Waals surface area contributed by atoms with Gasteiger partial charge in [0.25, 0.3) is 5.91 Å². The van der Waals surface area contributed by atoms with Crippen LogP contribution in [0.25, 0.3) is 0 Å². The fraction of sp³-hybridized carbons (Fsp3) is 0.231. The molecule has 0 unspecified atom stereocenters. The number of nitrogens with one attached hydrogen (secondary N) is 3. The van der Waals surface area contributed by atoms with Crippen molar-refractivity contribution in [3.8, 4) is 0 Å². The van der Waals surface area contributed by atoms with E-state index in [1.807, 2.05) is 6.92 Å². The summed E-state index contributed by atoms with van der Waals surface area (Å²) in [6.45, 7) is 2.01. The van der Waals surface area contributed by atoms with Crippen LogP contribution in [0.15, 0.2) is 24.3 Å². The average Bonchev–Trinajstić information content (AvgIpc) is 2.87. The quantitative estimate of drug-likeness (QED) is 0.665. The molecule has 0 bridgehead atoms. The van der Waals surface area contributed by atoms with Crippen molar-refractivity contribution in [1.82, 2.24) is 15.2 Å². The number of aryl methyl sites for hydroxylation is 1. The monoisotopic (exact) mass is 288 g/mol. The first-order valence-corrected chi connectivity index (χ1v) is 6.47. The van der Waals surface area contributed by atoms with Crippen molar-refractivity contribution >= 4 is 23.3 Å². The number of anilines is 2. The van der Waals surface area contributed by atoms with Gasteiger partial charge in [-0.3, -0.25) is 9.89 Å². The van der Waals surface area contributed by atoms with Crippen molar-refractivity contribution in [3.63, 3.8) is 0 Å². The Morgan fingerprint density at radius 1 is 1.29 bits per heavy atom. The summed E-state index contributed by atoms with van der Waals surface area (Å²) in [7, 11) is 0. The fourth-order valence-corrected chi connectivity index (χ4v) is 1.75. The van der Waals surface area contributed by atoms with E-state index in [2.05, 4.69) is 25.8 Å². The fourth-order valence-electron chi connectivity index (χ4n) is 1.75. The Hall–Kier alpha value is -2.90. The summed E-state index contributed by atoms with van der Waals surface area (Å²) in [5, 5.41) is 11.7. The molecule has 2 aromatic rings. The number of rotatable bonds is 5. The van der Waals surface area contributed by atoms with Crippen LogP contribution in [0.1, 0.15) is 29.8 Å². The summed E-state index contributed by atoms with van der Waals surface area (Å²) in [6.07, 6.45) is 1.65. The molecule has 0 saturated heterocycles. The number of aromatic nitrogens is 3. The lowest BCUT2D eigenvalue weighted by atomic mass is 10.2. The molecule has 2 rings (SSSR count). The molecular weight excluding hydrogens is 272 g/mol. The Morgan fingerprint density at radius 2 is 2.00 bits per heavy atom. The average molecular weight is 288 g/mol. The van der Waals surface area contributed by atoms with Gasteiger partial charge in [0.2, 0.25) is 5.82 Å². The molecule has 8 heteroatoms. The van der Waals surface area contributed by atoms with Crippen molar-refractivity contribution < 1.29 is 9.59 Å². The lowest BCUT2D eigenvalue weighted by molar-refractivity contribution is 0.101. The van der Waals surface area contributed by atoms with Crippen molar-refractivity contribution in [1.29, 1.82) is 0 Å². The number of nitrogens with two attached hydrogens (primary N) is 1. The highest BCUT2D eigenvalue weighted by molar-refractivity contribution is 6.02. The molecule has 0 atom stereocenters. The first kappa shape index (κ1) is 14.5. The Morgan fingerprint density at radius 3 is 2.67 bits per heavy atom. The third-order valence-electron chi connectivity index (χ3n) is 2.61. The molecule has 5 N–H and O–H groups in total. The van der Waals surface area contributed by atoms with E-state index in [1.54, 1.807) is 24.3 Å². The van der Waals surface area contributed by atoms with Crippen molar-refractivity contribution in [2.45, 2.75) is 19.8 Å². The standard InChI is InChI=1S/C13H16N6O2/c1-2-4-10-17-11(19-18-10)12(20)15-8-5-3-6-9(7-8)16-13(14)21/h3,5-7H,2,4H2,1H3,(H,15,20)(H3,14,16,21)(H,17,18,19). The third kappa shape index (κ3) is 4.03. The van der Waals surface area contributed by atoms with Crippen LogP contribution in [0.5, 0.6) is 0 Å². The van der Waals surface area contributed by atoms with E-state index < -0.39 is 11.9 Å². The SMILES string of the molecule is CCCc1nc(C(=O)Nc2cccc(NC(N)=O)c2)n[nH]1. The minimum Gasteiger partial charge on any atom is -0.351 e.